The van der Waals surface area contributed by atoms with E-state index < -0.39 is 36.0 Å². The Hall–Kier alpha value is -4.25. The summed E-state index contributed by atoms with van der Waals surface area (Å²) in [7, 11) is 3.07. The molecule has 5 amide bonds. The molecule has 35 heavy (non-hydrogen) atoms. The Kier molecular flexibility index (Phi) is 7.06. The van der Waals surface area contributed by atoms with Gasteiger partial charge >= 0.3 is 12.1 Å². The number of anilines is 1. The number of hydrogen-bond acceptors (Lipinski definition) is 7. The first-order chi connectivity index (χ1) is 16.8. The van der Waals surface area contributed by atoms with Crippen molar-refractivity contribution < 1.29 is 23.9 Å². The number of ether oxygens (including phenoxy) is 1. The number of hydrogen-bond donors (Lipinski definition) is 2. The Morgan fingerprint density at radius 2 is 1.77 bits per heavy atom. The molecule has 10 nitrogen and oxygen atoms in total. The van der Waals surface area contributed by atoms with Crippen LogP contribution in [0.3, 0.4) is 0 Å². The predicted molar refractivity (Wildman–Crippen MR) is 129 cm³/mol. The number of aromatic nitrogens is 1. The van der Waals surface area contributed by atoms with Crippen LogP contribution in [0.25, 0.3) is 0 Å². The molecule has 11 heteroatoms. The minimum absolute atomic E-state index is 0.0303. The van der Waals surface area contributed by atoms with Gasteiger partial charge in [0.15, 0.2) is 5.13 Å². The summed E-state index contributed by atoms with van der Waals surface area (Å²) in [5.74, 6) is -1.08. The highest BCUT2D eigenvalue weighted by molar-refractivity contribution is 7.14. The minimum Gasteiger partial charge on any atom is -0.390 e. The molecule has 0 spiro atoms. The number of benzene rings is 2. The average molecular weight is 494 g/mol. The maximum absolute atomic E-state index is 13.3. The van der Waals surface area contributed by atoms with Crippen molar-refractivity contribution in [1.82, 2.24) is 20.1 Å². The molecule has 4 rings (SSSR count). The Morgan fingerprint density at radius 3 is 2.43 bits per heavy atom. The summed E-state index contributed by atoms with van der Waals surface area (Å²) >= 11 is 1.05. The molecule has 2 heterocycles. The van der Waals surface area contributed by atoms with Crippen molar-refractivity contribution in [2.75, 3.05) is 19.4 Å². The van der Waals surface area contributed by atoms with Crippen LogP contribution in [0, 0.1) is 0 Å². The van der Waals surface area contributed by atoms with E-state index in [0.29, 0.717) is 5.56 Å². The lowest BCUT2D eigenvalue weighted by atomic mass is 10.0. The summed E-state index contributed by atoms with van der Waals surface area (Å²) in [5.41, 5.74) is 1.40. The molecule has 1 fully saturated rings. The third-order valence-electron chi connectivity index (χ3n) is 5.26. The summed E-state index contributed by atoms with van der Waals surface area (Å²) in [6, 6.07) is 15.3. The first kappa shape index (κ1) is 23.9. The van der Waals surface area contributed by atoms with E-state index in [2.05, 4.69) is 15.6 Å². The fraction of sp³-hybridized carbons (Fsp3) is 0.208. The first-order valence-corrected chi connectivity index (χ1v) is 11.6. The molecule has 180 valence electrons. The van der Waals surface area contributed by atoms with E-state index in [0.717, 1.165) is 21.8 Å². The molecule has 0 saturated carbocycles. The van der Waals surface area contributed by atoms with E-state index in [1.54, 1.807) is 24.3 Å². The van der Waals surface area contributed by atoms with Gasteiger partial charge in [0, 0.05) is 20.5 Å². The van der Waals surface area contributed by atoms with E-state index in [1.807, 2.05) is 36.4 Å². The van der Waals surface area contributed by atoms with Crippen LogP contribution in [0.5, 0.6) is 5.88 Å². The molecule has 2 aromatic carbocycles. The van der Waals surface area contributed by atoms with Gasteiger partial charge in [-0.3, -0.25) is 9.59 Å². The minimum atomic E-state index is -1.13. The number of imide groups is 1. The van der Waals surface area contributed by atoms with E-state index in [1.165, 1.54) is 24.4 Å². The molecular formula is C24H23N5O5S. The number of nitrogens with one attached hydrogen (secondary N) is 2. The molecule has 1 aromatic heterocycles. The molecule has 0 bridgehead atoms. The molecule has 1 saturated heterocycles. The van der Waals surface area contributed by atoms with Crippen molar-refractivity contribution in [3.8, 4) is 5.88 Å². The van der Waals surface area contributed by atoms with Gasteiger partial charge in [-0.1, -0.05) is 60.7 Å². The summed E-state index contributed by atoms with van der Waals surface area (Å²) in [5, 5.41) is 6.96. The lowest BCUT2D eigenvalue weighted by Gasteiger charge is -2.24. The Labute approximate surface area is 205 Å². The zero-order chi connectivity index (χ0) is 24.9. The lowest BCUT2D eigenvalue weighted by Crippen LogP contribution is -2.49. The lowest BCUT2D eigenvalue weighted by molar-refractivity contribution is -0.134. The Bertz CT molecular complexity index is 1230. The van der Waals surface area contributed by atoms with Crippen molar-refractivity contribution in [3.63, 3.8) is 0 Å². The zero-order valence-corrected chi connectivity index (χ0v) is 19.8. The third kappa shape index (κ3) is 5.46. The van der Waals surface area contributed by atoms with Crippen LogP contribution in [0.2, 0.25) is 0 Å². The maximum Gasteiger partial charge on any atom is 0.416 e. The van der Waals surface area contributed by atoms with Crippen molar-refractivity contribution in [1.29, 1.82) is 0 Å². The number of amides is 5. The fourth-order valence-corrected chi connectivity index (χ4v) is 4.15. The molecule has 2 N–H and O–H groups in total. The Morgan fingerprint density at radius 1 is 1.11 bits per heavy atom. The molecule has 1 aliphatic heterocycles. The number of thiazole rings is 1. The number of carbonyl (C=O) groups excluding carboxylic acids is 4. The monoisotopic (exact) mass is 493 g/mol. The van der Waals surface area contributed by atoms with Crippen LogP contribution in [-0.4, -0.2) is 58.9 Å². The van der Waals surface area contributed by atoms with Gasteiger partial charge in [0.1, 0.15) is 12.1 Å². The topological polar surface area (TPSA) is 121 Å². The second kappa shape index (κ2) is 10.3. The van der Waals surface area contributed by atoms with E-state index in [4.69, 9.17) is 4.74 Å². The highest BCUT2D eigenvalue weighted by atomic mass is 32.1. The van der Waals surface area contributed by atoms with Crippen molar-refractivity contribution in [2.45, 2.75) is 18.5 Å². The van der Waals surface area contributed by atoms with Crippen LogP contribution in [0.15, 0.2) is 66.0 Å². The van der Waals surface area contributed by atoms with Crippen LogP contribution in [0.4, 0.5) is 14.7 Å². The van der Waals surface area contributed by atoms with Gasteiger partial charge in [-0.15, -0.1) is 11.3 Å². The van der Waals surface area contributed by atoms with E-state index in [9.17, 15) is 19.2 Å². The summed E-state index contributed by atoms with van der Waals surface area (Å²) in [6.45, 7) is 0. The number of nitrogens with zero attached hydrogens (tertiary/aromatic N) is 3. The molecule has 3 aromatic rings. The second-order valence-electron chi connectivity index (χ2n) is 7.95. The SMILES string of the molecule is CN(C)C(=O)Oc1csc(NC(=O)[C@H](Cc2ccccc2)N2C(=O)NC(c3ccccc3)C2=O)n1. The number of urea groups is 1. The van der Waals surface area contributed by atoms with Crippen LogP contribution >= 0.6 is 11.3 Å². The standard InChI is InChI=1S/C24H23N5O5S/c1-28(2)24(33)34-18-14-35-22(25-18)27-20(30)17(13-15-9-5-3-6-10-15)29-21(31)19(26-23(29)32)16-11-7-4-8-12-16/h3-12,14,17,19H,13H2,1-2H3,(H,26,32)(H,25,27,30)/t17-,19?/m0/s1. The zero-order valence-electron chi connectivity index (χ0n) is 19.0. The molecule has 0 radical (unpaired) electrons. The van der Waals surface area contributed by atoms with E-state index >= 15 is 0 Å². The average Bonchev–Trinajstić information content (AvgIpc) is 3.41. The van der Waals surface area contributed by atoms with Crippen molar-refractivity contribution in [3.05, 3.63) is 77.2 Å². The highest BCUT2D eigenvalue weighted by Gasteiger charge is 2.45. The van der Waals surface area contributed by atoms with Crippen molar-refractivity contribution >= 4 is 40.4 Å². The molecule has 1 unspecified atom stereocenters. The van der Waals surface area contributed by atoms with Crippen LogP contribution in [-0.2, 0) is 16.0 Å². The van der Waals surface area contributed by atoms with Crippen LogP contribution in [0.1, 0.15) is 17.2 Å². The molecular weight excluding hydrogens is 470 g/mol. The van der Waals surface area contributed by atoms with Gasteiger partial charge in [-0.05, 0) is 11.1 Å². The maximum atomic E-state index is 13.3. The van der Waals surface area contributed by atoms with Crippen LogP contribution < -0.4 is 15.4 Å². The normalized spacial score (nSPS) is 15.9. The van der Waals surface area contributed by atoms with Gasteiger partial charge in [-0.25, -0.2) is 14.5 Å². The van der Waals surface area contributed by atoms with Gasteiger partial charge in [0.2, 0.25) is 11.8 Å². The van der Waals surface area contributed by atoms with Crippen molar-refractivity contribution in [2.24, 2.45) is 0 Å². The van der Waals surface area contributed by atoms with Gasteiger partial charge in [0.05, 0.1) is 5.38 Å². The summed E-state index contributed by atoms with van der Waals surface area (Å²) in [6.07, 6.45) is -0.498. The number of carbonyl (C=O) groups is 4. The van der Waals surface area contributed by atoms with E-state index in [-0.39, 0.29) is 17.4 Å². The van der Waals surface area contributed by atoms with Gasteiger partial charge in [-0.2, -0.15) is 4.98 Å². The number of rotatable bonds is 7. The smallest absolute Gasteiger partial charge is 0.390 e. The highest BCUT2D eigenvalue weighted by Crippen LogP contribution is 2.27. The second-order valence-corrected chi connectivity index (χ2v) is 8.81. The fourth-order valence-electron chi connectivity index (χ4n) is 3.53. The largest absolute Gasteiger partial charge is 0.416 e. The van der Waals surface area contributed by atoms with Gasteiger partial charge < -0.3 is 20.3 Å². The molecule has 1 aliphatic rings. The summed E-state index contributed by atoms with van der Waals surface area (Å²) in [4.78, 5) is 57.6. The predicted octanol–water partition coefficient (Wildman–Crippen LogP) is 3.05. The van der Waals surface area contributed by atoms with Gasteiger partial charge in [0.25, 0.3) is 5.91 Å². The molecule has 0 aliphatic carbocycles. The third-order valence-corrected chi connectivity index (χ3v) is 6.00. The Balaban J connectivity index is 1.57. The first-order valence-electron chi connectivity index (χ1n) is 10.7. The quantitative estimate of drug-likeness (QED) is 0.488. The summed E-state index contributed by atoms with van der Waals surface area (Å²) < 4.78 is 5.10. The molecule has 2 atom stereocenters.